The van der Waals surface area contributed by atoms with Crippen LogP contribution in [0.1, 0.15) is 42.7 Å². The maximum atomic E-state index is 13.2. The van der Waals surface area contributed by atoms with Crippen LogP contribution >= 0.6 is 0 Å². The molecule has 0 bridgehead atoms. The number of sulfone groups is 1. The van der Waals surface area contributed by atoms with E-state index < -0.39 is 14.6 Å². The summed E-state index contributed by atoms with van der Waals surface area (Å²) in [5, 5.41) is 3.17. The van der Waals surface area contributed by atoms with Crippen LogP contribution in [0.4, 0.5) is 0 Å². The highest BCUT2D eigenvalue weighted by Gasteiger charge is 2.50. The Morgan fingerprint density at radius 1 is 1.16 bits per heavy atom. The van der Waals surface area contributed by atoms with Crippen LogP contribution in [0.5, 0.6) is 0 Å². The fourth-order valence-electron chi connectivity index (χ4n) is 4.30. The number of aryl methyl sites for hydroxylation is 1. The molecule has 1 N–H and O–H groups in total. The van der Waals surface area contributed by atoms with Crippen LogP contribution in [-0.4, -0.2) is 56.4 Å². The van der Waals surface area contributed by atoms with E-state index in [2.05, 4.69) is 30.4 Å². The zero-order valence-corrected chi connectivity index (χ0v) is 15.9. The largest absolute Gasteiger partial charge is 0.341 e. The molecule has 0 aliphatic carbocycles. The number of nitrogens with one attached hydrogen (secondary N) is 1. The third kappa shape index (κ3) is 3.47. The monoisotopic (exact) mass is 364 g/mol. The number of piperidine rings is 2. The molecule has 1 aromatic rings. The van der Waals surface area contributed by atoms with Crippen molar-refractivity contribution in [3.05, 3.63) is 35.4 Å². The quantitative estimate of drug-likeness (QED) is 0.889. The Morgan fingerprint density at radius 3 is 2.32 bits per heavy atom. The van der Waals surface area contributed by atoms with E-state index in [1.165, 1.54) is 17.4 Å². The van der Waals surface area contributed by atoms with Gasteiger partial charge in [0.05, 0.1) is 0 Å². The van der Waals surface area contributed by atoms with Crippen LogP contribution in [0.25, 0.3) is 0 Å². The predicted octanol–water partition coefficient (Wildman–Crippen LogP) is 1.87. The predicted molar refractivity (Wildman–Crippen MR) is 99.4 cm³/mol. The van der Waals surface area contributed by atoms with Gasteiger partial charge in [0.2, 0.25) is 5.91 Å². The minimum absolute atomic E-state index is 0.181. The van der Waals surface area contributed by atoms with Crippen molar-refractivity contribution in [1.82, 2.24) is 10.2 Å². The molecule has 2 saturated heterocycles. The van der Waals surface area contributed by atoms with Crippen LogP contribution in [0.3, 0.4) is 0 Å². The highest BCUT2D eigenvalue weighted by atomic mass is 32.2. The average molecular weight is 365 g/mol. The number of amides is 1. The summed E-state index contributed by atoms with van der Waals surface area (Å²) in [7, 11) is -3.44. The number of hydrogen-bond donors (Lipinski definition) is 1. The highest BCUT2D eigenvalue weighted by molar-refractivity contribution is 7.92. The summed E-state index contributed by atoms with van der Waals surface area (Å²) >= 11 is 0. The minimum atomic E-state index is -3.44. The molecule has 0 saturated carbocycles. The highest BCUT2D eigenvalue weighted by Crippen LogP contribution is 2.34. The Morgan fingerprint density at radius 2 is 1.76 bits per heavy atom. The van der Waals surface area contributed by atoms with Crippen molar-refractivity contribution in [1.29, 1.82) is 0 Å². The normalized spacial score (nSPS) is 21.9. The number of carbonyl (C=O) groups is 1. The Kier molecular flexibility index (Phi) is 5.21. The topological polar surface area (TPSA) is 66.5 Å². The van der Waals surface area contributed by atoms with Gasteiger partial charge in [0.15, 0.2) is 14.6 Å². The number of hydrogen-bond acceptors (Lipinski definition) is 4. The molecule has 0 unspecified atom stereocenters. The van der Waals surface area contributed by atoms with Gasteiger partial charge in [0.1, 0.15) is 0 Å². The maximum Gasteiger partial charge on any atom is 0.244 e. The smallest absolute Gasteiger partial charge is 0.244 e. The number of rotatable bonds is 3. The van der Waals surface area contributed by atoms with E-state index in [-0.39, 0.29) is 5.91 Å². The lowest BCUT2D eigenvalue weighted by Gasteiger charge is -2.41. The standard InChI is InChI=1S/C19H28N2O3S/c1-15-5-3-4-6-17(15)16-7-13-21(14-8-16)18(22)19(25(2,23)24)9-11-20-12-10-19/h3-6,16,20H,7-14H2,1-2H3. The molecule has 2 aliphatic rings. The summed E-state index contributed by atoms with van der Waals surface area (Å²) < 4.78 is 23.7. The molecule has 3 rings (SSSR count). The summed E-state index contributed by atoms with van der Waals surface area (Å²) in [5.41, 5.74) is 2.65. The van der Waals surface area contributed by atoms with Gasteiger partial charge in [-0.2, -0.15) is 0 Å². The lowest BCUT2D eigenvalue weighted by atomic mass is 9.86. The van der Waals surface area contributed by atoms with Gasteiger partial charge in [-0.15, -0.1) is 0 Å². The second kappa shape index (κ2) is 7.08. The third-order valence-corrected chi connectivity index (χ3v) is 7.92. The molecule has 138 valence electrons. The van der Waals surface area contributed by atoms with Gasteiger partial charge in [-0.25, -0.2) is 8.42 Å². The summed E-state index contributed by atoms with van der Waals surface area (Å²) in [6.07, 6.45) is 3.77. The van der Waals surface area contributed by atoms with Gasteiger partial charge < -0.3 is 10.2 Å². The molecule has 0 aromatic heterocycles. The zero-order chi connectivity index (χ0) is 18.1. The van der Waals surface area contributed by atoms with Crippen LogP contribution in [0.15, 0.2) is 24.3 Å². The zero-order valence-electron chi connectivity index (χ0n) is 15.1. The van der Waals surface area contributed by atoms with Crippen molar-refractivity contribution in [3.63, 3.8) is 0 Å². The lowest BCUT2D eigenvalue weighted by Crippen LogP contribution is -2.59. The van der Waals surface area contributed by atoms with Crippen molar-refractivity contribution in [3.8, 4) is 0 Å². The first-order valence-electron chi connectivity index (χ1n) is 9.10. The Bertz CT molecular complexity index is 731. The van der Waals surface area contributed by atoms with Crippen LogP contribution in [0, 0.1) is 6.92 Å². The summed E-state index contributed by atoms with van der Waals surface area (Å²) in [5.74, 6) is 0.271. The van der Waals surface area contributed by atoms with E-state index in [1.807, 2.05) is 6.07 Å². The molecule has 0 atom stereocenters. The number of benzene rings is 1. The van der Waals surface area contributed by atoms with Crippen molar-refractivity contribution in [2.45, 2.75) is 43.3 Å². The summed E-state index contributed by atoms with van der Waals surface area (Å²) in [4.78, 5) is 14.9. The van der Waals surface area contributed by atoms with Gasteiger partial charge in [-0.1, -0.05) is 24.3 Å². The van der Waals surface area contributed by atoms with Gasteiger partial charge >= 0.3 is 0 Å². The van der Waals surface area contributed by atoms with E-state index in [4.69, 9.17) is 0 Å². The van der Waals surface area contributed by atoms with Crippen LogP contribution in [0.2, 0.25) is 0 Å². The first kappa shape index (κ1) is 18.4. The Balaban J connectivity index is 1.73. The molecule has 0 radical (unpaired) electrons. The van der Waals surface area contributed by atoms with Gasteiger partial charge in [-0.3, -0.25) is 4.79 Å². The second-order valence-electron chi connectivity index (χ2n) is 7.44. The first-order chi connectivity index (χ1) is 11.8. The number of likely N-dealkylation sites (tertiary alicyclic amines) is 1. The van der Waals surface area contributed by atoms with E-state index in [1.54, 1.807) is 4.90 Å². The first-order valence-corrected chi connectivity index (χ1v) is 11.0. The van der Waals surface area contributed by atoms with Gasteiger partial charge in [0.25, 0.3) is 0 Å². The fourth-order valence-corrected chi connectivity index (χ4v) is 5.69. The van der Waals surface area contributed by atoms with E-state index in [0.717, 1.165) is 12.8 Å². The molecule has 1 aromatic carbocycles. The van der Waals surface area contributed by atoms with E-state index in [0.29, 0.717) is 44.9 Å². The molecule has 1 amide bonds. The molecule has 6 heteroatoms. The van der Waals surface area contributed by atoms with E-state index in [9.17, 15) is 13.2 Å². The van der Waals surface area contributed by atoms with Crippen molar-refractivity contribution in [2.24, 2.45) is 0 Å². The second-order valence-corrected chi connectivity index (χ2v) is 9.77. The molecular formula is C19H28N2O3S. The Labute approximate surface area is 150 Å². The van der Waals surface area contributed by atoms with Gasteiger partial charge in [-0.05, 0) is 62.7 Å². The molecular weight excluding hydrogens is 336 g/mol. The molecule has 2 aliphatic heterocycles. The lowest BCUT2D eigenvalue weighted by molar-refractivity contribution is -0.135. The number of nitrogens with zero attached hydrogens (tertiary/aromatic N) is 1. The van der Waals surface area contributed by atoms with E-state index >= 15 is 0 Å². The summed E-state index contributed by atoms with van der Waals surface area (Å²) in [6, 6.07) is 8.40. The van der Waals surface area contributed by atoms with Crippen molar-refractivity contribution in [2.75, 3.05) is 32.4 Å². The van der Waals surface area contributed by atoms with Crippen LogP contribution < -0.4 is 5.32 Å². The maximum absolute atomic E-state index is 13.2. The SMILES string of the molecule is Cc1ccccc1C1CCN(C(=O)C2(S(C)(=O)=O)CCNCC2)CC1. The number of carbonyl (C=O) groups excluding carboxylic acids is 1. The molecule has 2 heterocycles. The van der Waals surface area contributed by atoms with Gasteiger partial charge in [0, 0.05) is 19.3 Å². The third-order valence-electron chi connectivity index (χ3n) is 5.92. The average Bonchev–Trinajstić information content (AvgIpc) is 2.61. The van der Waals surface area contributed by atoms with Crippen molar-refractivity contribution < 1.29 is 13.2 Å². The Hall–Kier alpha value is -1.40. The molecule has 5 nitrogen and oxygen atoms in total. The molecule has 2 fully saturated rings. The molecule has 25 heavy (non-hydrogen) atoms. The molecule has 0 spiro atoms. The minimum Gasteiger partial charge on any atom is -0.341 e. The van der Waals surface area contributed by atoms with Crippen LogP contribution in [-0.2, 0) is 14.6 Å². The van der Waals surface area contributed by atoms with Crippen molar-refractivity contribution >= 4 is 15.7 Å². The fraction of sp³-hybridized carbons (Fsp3) is 0.632. The summed E-state index contributed by atoms with van der Waals surface area (Å²) in [6.45, 7) is 4.57.